The fourth-order valence-corrected chi connectivity index (χ4v) is 4.21. The van der Waals surface area contributed by atoms with Crippen molar-refractivity contribution < 1.29 is 4.79 Å². The maximum absolute atomic E-state index is 11.6. The van der Waals surface area contributed by atoms with Crippen LogP contribution in [0.25, 0.3) is 0 Å². The first kappa shape index (κ1) is 7.11. The second kappa shape index (κ2) is 1.94. The molecule has 0 spiro atoms. The summed E-state index contributed by atoms with van der Waals surface area (Å²) in [5, 5.41) is 0. The van der Waals surface area contributed by atoms with Crippen LogP contribution in [-0.4, -0.2) is 5.78 Å². The van der Waals surface area contributed by atoms with Gasteiger partial charge in [0.15, 0.2) is 0 Å². The molecule has 4 bridgehead atoms. The summed E-state index contributed by atoms with van der Waals surface area (Å²) in [5.74, 6) is 2.68. The minimum Gasteiger partial charge on any atom is -0.299 e. The van der Waals surface area contributed by atoms with Gasteiger partial charge in [0, 0.05) is 12.3 Å². The number of carbonyl (C=O) groups excluding carboxylic acids is 1. The van der Waals surface area contributed by atoms with E-state index in [1.807, 2.05) is 0 Å². The van der Waals surface area contributed by atoms with Gasteiger partial charge in [-0.2, -0.15) is 0 Å². The Kier molecular flexibility index (Phi) is 1.15. The molecule has 0 radical (unpaired) electrons. The zero-order chi connectivity index (χ0) is 8.34. The first-order valence-electron chi connectivity index (χ1n) is 5.26. The maximum atomic E-state index is 11.6. The smallest absolute Gasteiger partial charge is 0.136 e. The van der Waals surface area contributed by atoms with Crippen molar-refractivity contribution in [3.05, 3.63) is 0 Å². The van der Waals surface area contributed by atoms with E-state index in [-0.39, 0.29) is 0 Å². The molecule has 0 aromatic heterocycles. The molecule has 3 rings (SSSR count). The van der Waals surface area contributed by atoms with Gasteiger partial charge in [0.1, 0.15) is 5.78 Å². The van der Waals surface area contributed by atoms with Gasteiger partial charge in [-0.1, -0.05) is 13.3 Å². The van der Waals surface area contributed by atoms with E-state index in [0.717, 1.165) is 18.3 Å². The van der Waals surface area contributed by atoms with Gasteiger partial charge < -0.3 is 0 Å². The predicted molar refractivity (Wildman–Crippen MR) is 46.7 cm³/mol. The number of rotatable bonds is 0. The number of hydrogen-bond donors (Lipinski definition) is 0. The summed E-state index contributed by atoms with van der Waals surface area (Å²) in [4.78, 5) is 11.6. The molecular formula is C11H16O. The Morgan fingerprint density at radius 2 is 2.00 bits per heavy atom. The van der Waals surface area contributed by atoms with Crippen LogP contribution in [0.15, 0.2) is 0 Å². The molecule has 2 atom stereocenters. The van der Waals surface area contributed by atoms with Crippen molar-refractivity contribution in [2.45, 2.75) is 39.0 Å². The lowest BCUT2D eigenvalue weighted by atomic mass is 9.37. The van der Waals surface area contributed by atoms with Gasteiger partial charge >= 0.3 is 0 Å². The first-order valence-corrected chi connectivity index (χ1v) is 5.26. The summed E-state index contributed by atoms with van der Waals surface area (Å²) in [7, 11) is 0. The lowest BCUT2D eigenvalue weighted by Crippen LogP contribution is -2.63. The van der Waals surface area contributed by atoms with Gasteiger partial charge in [0.25, 0.3) is 0 Å². The Morgan fingerprint density at radius 1 is 1.33 bits per heavy atom. The monoisotopic (exact) mass is 164 g/mol. The molecule has 0 saturated heterocycles. The van der Waals surface area contributed by atoms with Crippen LogP contribution in [0.1, 0.15) is 39.0 Å². The van der Waals surface area contributed by atoms with Crippen molar-refractivity contribution in [1.29, 1.82) is 0 Å². The number of ketones is 1. The minimum absolute atomic E-state index is 0.512. The Hall–Kier alpha value is -0.330. The zero-order valence-electron chi connectivity index (χ0n) is 7.68. The van der Waals surface area contributed by atoms with Gasteiger partial charge in [0.2, 0.25) is 0 Å². The van der Waals surface area contributed by atoms with Crippen molar-refractivity contribution in [1.82, 2.24) is 0 Å². The van der Waals surface area contributed by atoms with Crippen LogP contribution >= 0.6 is 0 Å². The quantitative estimate of drug-likeness (QED) is 0.537. The molecule has 0 heterocycles. The highest BCUT2D eigenvalue weighted by Gasteiger charge is 2.64. The van der Waals surface area contributed by atoms with Gasteiger partial charge in [-0.3, -0.25) is 4.79 Å². The van der Waals surface area contributed by atoms with Crippen molar-refractivity contribution in [2.24, 2.45) is 23.2 Å². The molecule has 3 aliphatic rings. The van der Waals surface area contributed by atoms with Gasteiger partial charge in [-0.05, 0) is 36.5 Å². The topological polar surface area (TPSA) is 17.1 Å². The second-order valence-electron chi connectivity index (χ2n) is 5.14. The second-order valence-corrected chi connectivity index (χ2v) is 5.14. The number of fused-ring (bicyclic) bond motifs is 1. The van der Waals surface area contributed by atoms with E-state index in [1.54, 1.807) is 0 Å². The lowest BCUT2D eigenvalue weighted by molar-refractivity contribution is -0.190. The fraction of sp³-hybridized carbons (Fsp3) is 0.909. The molecule has 0 N–H and O–H groups in total. The molecule has 3 fully saturated rings. The van der Waals surface area contributed by atoms with E-state index < -0.39 is 0 Å². The number of hydrogen-bond acceptors (Lipinski definition) is 1. The van der Waals surface area contributed by atoms with Crippen molar-refractivity contribution in [3.8, 4) is 0 Å². The van der Waals surface area contributed by atoms with Crippen LogP contribution in [0.2, 0.25) is 0 Å². The van der Waals surface area contributed by atoms with E-state index in [0.29, 0.717) is 17.1 Å². The van der Waals surface area contributed by atoms with E-state index in [4.69, 9.17) is 0 Å². The van der Waals surface area contributed by atoms with Crippen LogP contribution < -0.4 is 0 Å². The van der Waals surface area contributed by atoms with Crippen LogP contribution in [-0.2, 0) is 4.79 Å². The SMILES string of the molecule is CC12CCC(=O)C3C1CCCC32. The molecule has 66 valence electrons. The molecule has 1 heteroatoms. The zero-order valence-corrected chi connectivity index (χ0v) is 7.68. The molecule has 3 aliphatic carbocycles. The predicted octanol–water partition coefficient (Wildman–Crippen LogP) is 2.40. The minimum atomic E-state index is 0.512. The molecule has 0 amide bonds. The molecule has 0 aliphatic heterocycles. The molecule has 12 heavy (non-hydrogen) atoms. The Balaban J connectivity index is 1.98. The van der Waals surface area contributed by atoms with Gasteiger partial charge in [0.05, 0.1) is 0 Å². The average molecular weight is 164 g/mol. The first-order chi connectivity index (χ1) is 5.73. The van der Waals surface area contributed by atoms with E-state index >= 15 is 0 Å². The summed E-state index contributed by atoms with van der Waals surface area (Å²) in [6, 6.07) is 0. The summed E-state index contributed by atoms with van der Waals surface area (Å²) < 4.78 is 0. The van der Waals surface area contributed by atoms with Gasteiger partial charge in [-0.15, -0.1) is 0 Å². The van der Waals surface area contributed by atoms with Gasteiger partial charge in [-0.25, -0.2) is 0 Å². The van der Waals surface area contributed by atoms with Crippen molar-refractivity contribution in [2.75, 3.05) is 0 Å². The molecule has 1 nitrogen and oxygen atoms in total. The maximum Gasteiger partial charge on any atom is 0.136 e. The van der Waals surface area contributed by atoms with E-state index in [1.165, 1.54) is 25.7 Å². The summed E-state index contributed by atoms with van der Waals surface area (Å²) >= 11 is 0. The largest absolute Gasteiger partial charge is 0.299 e. The summed E-state index contributed by atoms with van der Waals surface area (Å²) in [5.41, 5.74) is 0.594. The summed E-state index contributed by atoms with van der Waals surface area (Å²) in [6.45, 7) is 2.42. The Bertz CT molecular complexity index is 231. The highest BCUT2D eigenvalue weighted by Crippen LogP contribution is 2.68. The highest BCUT2D eigenvalue weighted by molar-refractivity contribution is 5.85. The number of carbonyl (C=O) groups is 1. The Morgan fingerprint density at radius 3 is 2.58 bits per heavy atom. The third-order valence-electron chi connectivity index (χ3n) is 4.87. The molecular weight excluding hydrogens is 148 g/mol. The lowest BCUT2D eigenvalue weighted by Gasteiger charge is -2.66. The van der Waals surface area contributed by atoms with E-state index in [2.05, 4.69) is 6.92 Å². The third kappa shape index (κ3) is 0.571. The van der Waals surface area contributed by atoms with Crippen molar-refractivity contribution in [3.63, 3.8) is 0 Å². The molecule has 2 unspecified atom stereocenters. The summed E-state index contributed by atoms with van der Waals surface area (Å²) in [6.07, 6.45) is 6.13. The molecule has 3 saturated carbocycles. The normalized spacial score (nSPS) is 56.4. The van der Waals surface area contributed by atoms with Crippen LogP contribution in [0, 0.1) is 23.2 Å². The Labute approximate surface area is 73.5 Å². The average Bonchev–Trinajstić information content (AvgIpc) is 2.11. The van der Waals surface area contributed by atoms with Crippen LogP contribution in [0.3, 0.4) is 0 Å². The fourth-order valence-electron chi connectivity index (χ4n) is 4.21. The molecule has 0 aromatic rings. The highest BCUT2D eigenvalue weighted by atomic mass is 16.1. The van der Waals surface area contributed by atoms with E-state index in [9.17, 15) is 4.79 Å². The third-order valence-corrected chi connectivity index (χ3v) is 4.87. The van der Waals surface area contributed by atoms with Crippen LogP contribution in [0.5, 0.6) is 0 Å². The number of Topliss-reactive ketones (excluding diaryl/α,β-unsaturated/α-hetero) is 1. The standard InChI is InChI=1S/C11H16O/c1-11-6-5-9(12)10-7(11)3-2-4-8(10)11/h7-8,10H,2-6H2,1H3. The van der Waals surface area contributed by atoms with Crippen molar-refractivity contribution >= 4 is 5.78 Å². The van der Waals surface area contributed by atoms with Crippen LogP contribution in [0.4, 0.5) is 0 Å². The molecule has 0 aromatic carbocycles.